The van der Waals surface area contributed by atoms with E-state index >= 15 is 0 Å². The summed E-state index contributed by atoms with van der Waals surface area (Å²) >= 11 is 5.95. The van der Waals surface area contributed by atoms with Crippen molar-refractivity contribution in [1.82, 2.24) is 20.1 Å². The number of ether oxygens (including phenoxy) is 1. The van der Waals surface area contributed by atoms with Crippen molar-refractivity contribution >= 4 is 35.1 Å². The fraction of sp³-hybridized carbons (Fsp3) is 0.281. The van der Waals surface area contributed by atoms with Gasteiger partial charge < -0.3 is 20.5 Å². The molecule has 3 atom stereocenters. The van der Waals surface area contributed by atoms with E-state index in [2.05, 4.69) is 20.7 Å². The molecule has 2 amide bonds. The third kappa shape index (κ3) is 6.48. The van der Waals surface area contributed by atoms with E-state index in [1.807, 2.05) is 0 Å². The number of fused-ring (bicyclic) bond motifs is 4. The van der Waals surface area contributed by atoms with Gasteiger partial charge >= 0.3 is 5.97 Å². The zero-order valence-corrected chi connectivity index (χ0v) is 25.1. The van der Waals surface area contributed by atoms with Gasteiger partial charge in [0.2, 0.25) is 5.91 Å². The fourth-order valence-electron chi connectivity index (χ4n) is 5.26. The highest BCUT2D eigenvalue weighted by Gasteiger charge is 2.27. The van der Waals surface area contributed by atoms with E-state index in [-0.39, 0.29) is 41.4 Å². The van der Waals surface area contributed by atoms with E-state index in [0.29, 0.717) is 33.8 Å². The molecular weight excluding hydrogens is 589 g/mol. The van der Waals surface area contributed by atoms with Crippen LogP contribution in [0.15, 0.2) is 60.9 Å². The standard InChI is InChI=1S/C32H31ClFN5O5/c1-17-11-21(40)15-27(38-32(43)23-16-36-39(18(23)2)28-6-4-5-24(33)30(28)34)26-14-20(9-10-35-26)22-8-7-19(13-29(41)44-3)12-25(22)37-31(17)42/h4-10,12,14,16-17,21,27,40H,11,13,15H2,1-3H3,(H,37,42)(H,38,43)/t17-,21-,27+/m1/s1. The van der Waals surface area contributed by atoms with Crippen molar-refractivity contribution in [1.29, 1.82) is 0 Å². The number of hydrogen-bond acceptors (Lipinski definition) is 7. The Labute approximate surface area is 258 Å². The third-order valence-corrected chi connectivity index (χ3v) is 7.96. The van der Waals surface area contributed by atoms with Gasteiger partial charge in [-0.1, -0.05) is 36.7 Å². The molecule has 3 heterocycles. The van der Waals surface area contributed by atoms with Crippen LogP contribution in [0, 0.1) is 18.7 Å². The molecule has 44 heavy (non-hydrogen) atoms. The second-order valence-electron chi connectivity index (χ2n) is 10.8. The summed E-state index contributed by atoms with van der Waals surface area (Å²) in [5.74, 6) is -2.44. The average Bonchev–Trinajstić information content (AvgIpc) is 3.38. The van der Waals surface area contributed by atoms with Crippen LogP contribution in [-0.4, -0.2) is 50.9 Å². The van der Waals surface area contributed by atoms with Crippen LogP contribution in [0.2, 0.25) is 5.02 Å². The van der Waals surface area contributed by atoms with Gasteiger partial charge in [-0.15, -0.1) is 0 Å². The van der Waals surface area contributed by atoms with Crippen LogP contribution in [0.5, 0.6) is 0 Å². The minimum atomic E-state index is -0.958. The van der Waals surface area contributed by atoms with E-state index in [4.69, 9.17) is 16.3 Å². The molecule has 2 aromatic carbocycles. The lowest BCUT2D eigenvalue weighted by atomic mass is 9.93. The molecule has 4 aromatic rings. The summed E-state index contributed by atoms with van der Waals surface area (Å²) in [5.41, 5.74) is 3.73. The maximum absolute atomic E-state index is 14.7. The van der Waals surface area contributed by atoms with Crippen LogP contribution >= 0.6 is 11.6 Å². The van der Waals surface area contributed by atoms with Crippen molar-refractivity contribution in [2.24, 2.45) is 5.92 Å². The first-order chi connectivity index (χ1) is 21.0. The molecule has 2 bridgehead atoms. The van der Waals surface area contributed by atoms with Gasteiger partial charge in [-0.05, 0) is 61.2 Å². The normalized spacial score (nSPS) is 18.3. The second-order valence-corrected chi connectivity index (χ2v) is 11.2. The average molecular weight is 620 g/mol. The molecule has 10 nitrogen and oxygen atoms in total. The molecule has 12 heteroatoms. The van der Waals surface area contributed by atoms with E-state index in [0.717, 1.165) is 0 Å². The fourth-order valence-corrected chi connectivity index (χ4v) is 5.43. The molecular formula is C32H31ClFN5O5. The summed E-state index contributed by atoms with van der Waals surface area (Å²) < 4.78 is 20.8. The predicted octanol–water partition coefficient (Wildman–Crippen LogP) is 4.95. The Bertz CT molecular complexity index is 1740. The largest absolute Gasteiger partial charge is 0.469 e. The van der Waals surface area contributed by atoms with E-state index < -0.39 is 35.8 Å². The van der Waals surface area contributed by atoms with Gasteiger partial charge in [-0.3, -0.25) is 19.4 Å². The number of benzene rings is 2. The lowest BCUT2D eigenvalue weighted by Crippen LogP contribution is -2.33. The van der Waals surface area contributed by atoms with Crippen LogP contribution in [0.3, 0.4) is 0 Å². The minimum Gasteiger partial charge on any atom is -0.469 e. The number of amides is 2. The molecule has 0 radical (unpaired) electrons. The Kier molecular flexibility index (Phi) is 9.07. The van der Waals surface area contributed by atoms with E-state index in [1.54, 1.807) is 56.4 Å². The Morgan fingerprint density at radius 2 is 2.00 bits per heavy atom. The van der Waals surface area contributed by atoms with Crippen LogP contribution in [0.25, 0.3) is 16.8 Å². The summed E-state index contributed by atoms with van der Waals surface area (Å²) in [7, 11) is 1.31. The Morgan fingerprint density at radius 3 is 2.77 bits per heavy atom. The van der Waals surface area contributed by atoms with Gasteiger partial charge in [-0.2, -0.15) is 5.10 Å². The molecule has 3 N–H and O–H groups in total. The molecule has 2 aromatic heterocycles. The Balaban J connectivity index is 1.51. The number of carbonyl (C=O) groups excluding carboxylic acids is 3. The highest BCUT2D eigenvalue weighted by Crippen LogP contribution is 2.33. The van der Waals surface area contributed by atoms with Crippen molar-refractivity contribution < 1.29 is 28.6 Å². The quantitative estimate of drug-likeness (QED) is 0.269. The molecule has 5 rings (SSSR count). The molecule has 0 unspecified atom stereocenters. The predicted molar refractivity (Wildman–Crippen MR) is 162 cm³/mol. The van der Waals surface area contributed by atoms with E-state index in [1.165, 1.54) is 30.1 Å². The first kappa shape index (κ1) is 30.8. The number of nitrogens with zero attached hydrogens (tertiary/aromatic N) is 3. The smallest absolute Gasteiger partial charge is 0.309 e. The summed E-state index contributed by atoms with van der Waals surface area (Å²) in [4.78, 5) is 43.1. The topological polar surface area (TPSA) is 135 Å². The number of halogens is 2. The number of aromatic nitrogens is 3. The van der Waals surface area contributed by atoms with Crippen LogP contribution in [-0.2, 0) is 20.7 Å². The van der Waals surface area contributed by atoms with Crippen molar-refractivity contribution in [3.8, 4) is 16.8 Å². The number of carbonyl (C=O) groups is 3. The summed E-state index contributed by atoms with van der Waals surface area (Å²) in [6.45, 7) is 3.35. The number of nitrogens with one attached hydrogen (secondary N) is 2. The molecule has 0 spiro atoms. The molecule has 0 saturated heterocycles. The highest BCUT2D eigenvalue weighted by molar-refractivity contribution is 6.30. The van der Waals surface area contributed by atoms with Crippen molar-refractivity contribution in [2.45, 2.75) is 45.3 Å². The monoisotopic (exact) mass is 619 g/mol. The second kappa shape index (κ2) is 12.9. The van der Waals surface area contributed by atoms with Crippen molar-refractivity contribution in [2.75, 3.05) is 12.4 Å². The summed E-state index contributed by atoms with van der Waals surface area (Å²) in [6.07, 6.45) is 2.21. The molecule has 228 valence electrons. The van der Waals surface area contributed by atoms with Crippen molar-refractivity contribution in [3.63, 3.8) is 0 Å². The van der Waals surface area contributed by atoms with E-state index in [9.17, 15) is 23.9 Å². The Hall–Kier alpha value is -4.61. The first-order valence-corrected chi connectivity index (χ1v) is 14.4. The van der Waals surface area contributed by atoms with Gasteiger partial charge in [0.1, 0.15) is 5.69 Å². The number of aliphatic hydroxyl groups is 1. The number of pyridine rings is 1. The number of methoxy groups -OCH3 is 1. The maximum Gasteiger partial charge on any atom is 0.309 e. The lowest BCUT2D eigenvalue weighted by Gasteiger charge is -2.25. The summed E-state index contributed by atoms with van der Waals surface area (Å²) in [6, 6.07) is 12.6. The van der Waals surface area contributed by atoms with Gasteiger partial charge in [-0.25, -0.2) is 9.07 Å². The lowest BCUT2D eigenvalue weighted by molar-refractivity contribution is -0.139. The van der Waals surface area contributed by atoms with Gasteiger partial charge in [0.05, 0.1) is 53.8 Å². The van der Waals surface area contributed by atoms with Crippen LogP contribution < -0.4 is 10.6 Å². The molecule has 0 saturated carbocycles. The summed E-state index contributed by atoms with van der Waals surface area (Å²) in [5, 5.41) is 21.1. The molecule has 0 fully saturated rings. The van der Waals surface area contributed by atoms with Gasteiger partial charge in [0, 0.05) is 23.4 Å². The zero-order valence-electron chi connectivity index (χ0n) is 24.3. The molecule has 0 aliphatic carbocycles. The highest BCUT2D eigenvalue weighted by atomic mass is 35.5. The number of aliphatic hydroxyl groups excluding tert-OH is 1. The third-order valence-electron chi connectivity index (χ3n) is 7.67. The molecule has 1 aliphatic rings. The van der Waals surface area contributed by atoms with Crippen LogP contribution in [0.4, 0.5) is 10.1 Å². The van der Waals surface area contributed by atoms with Crippen LogP contribution in [0.1, 0.15) is 53.1 Å². The first-order valence-electron chi connectivity index (χ1n) is 14.0. The Morgan fingerprint density at radius 1 is 1.20 bits per heavy atom. The number of hydrogen-bond donors (Lipinski definition) is 3. The van der Waals surface area contributed by atoms with Crippen molar-refractivity contribution in [3.05, 3.63) is 94.3 Å². The number of esters is 1. The molecule has 1 aliphatic heterocycles. The SMILES string of the molecule is COC(=O)Cc1ccc2c(c1)NC(=O)[C@H](C)C[C@@H](O)C[C@H](NC(=O)c1cnn(-c3cccc(Cl)c3F)c1C)c1cc-2ccn1. The number of rotatable bonds is 5. The van der Waals surface area contributed by atoms with Gasteiger partial charge in [0.25, 0.3) is 5.91 Å². The minimum absolute atomic E-state index is 0.0313. The maximum atomic E-state index is 14.7. The number of anilines is 1. The zero-order chi connectivity index (χ0) is 31.5. The van der Waals surface area contributed by atoms with Gasteiger partial charge in [0.15, 0.2) is 5.82 Å².